The van der Waals surface area contributed by atoms with Gasteiger partial charge in [0.2, 0.25) is 0 Å². The summed E-state index contributed by atoms with van der Waals surface area (Å²) in [6.07, 6.45) is 5.19. The Balaban J connectivity index is 2.33. The topological polar surface area (TPSA) is 56.0 Å². The van der Waals surface area contributed by atoms with Crippen molar-refractivity contribution in [2.24, 2.45) is 0 Å². The van der Waals surface area contributed by atoms with Crippen LogP contribution in [0, 0.1) is 10.6 Å². The Labute approximate surface area is 111 Å². The fraction of sp³-hybridized carbons (Fsp3) is 0.0909. The van der Waals surface area contributed by atoms with Gasteiger partial charge in [0.15, 0.2) is 5.65 Å². The summed E-state index contributed by atoms with van der Waals surface area (Å²) in [5, 5.41) is 4.40. The molecule has 0 aliphatic rings. The summed E-state index contributed by atoms with van der Waals surface area (Å²) in [5.41, 5.74) is 3.56. The number of aromatic nitrogens is 5. The molecule has 0 atom stereocenters. The van der Waals surface area contributed by atoms with E-state index in [0.29, 0.717) is 0 Å². The molecule has 0 unspecified atom stereocenters. The summed E-state index contributed by atoms with van der Waals surface area (Å²) in [5.74, 6) is 0. The first-order chi connectivity index (χ1) is 8.25. The lowest BCUT2D eigenvalue weighted by molar-refractivity contribution is 0.926. The van der Waals surface area contributed by atoms with Crippen LogP contribution in [0.25, 0.3) is 16.9 Å². The Morgan fingerprint density at radius 1 is 1.24 bits per heavy atom. The zero-order valence-corrected chi connectivity index (χ0v) is 11.2. The number of hydrogen-bond acceptors (Lipinski definition) is 4. The smallest absolute Gasteiger partial charge is 0.165 e. The standard InChI is InChI=1S/C11H8IN5/c1-7-5-8(15-6-14-7)9-10(12)16-17-4-2-3-13-11(9)17/h2-6H,1H3. The van der Waals surface area contributed by atoms with Gasteiger partial charge in [0.05, 0.1) is 11.3 Å². The zero-order valence-electron chi connectivity index (χ0n) is 9.00. The number of hydrogen-bond donors (Lipinski definition) is 0. The van der Waals surface area contributed by atoms with Gasteiger partial charge in [-0.05, 0) is 41.6 Å². The molecule has 0 amide bonds. The molecule has 3 aromatic heterocycles. The molecule has 0 aromatic carbocycles. The molecule has 3 heterocycles. The summed E-state index contributed by atoms with van der Waals surface area (Å²) in [4.78, 5) is 12.7. The van der Waals surface area contributed by atoms with E-state index in [1.165, 1.54) is 0 Å². The maximum Gasteiger partial charge on any atom is 0.165 e. The normalized spacial score (nSPS) is 10.9. The monoisotopic (exact) mass is 337 g/mol. The molecule has 0 saturated carbocycles. The van der Waals surface area contributed by atoms with Crippen LogP contribution in [0.5, 0.6) is 0 Å². The van der Waals surface area contributed by atoms with Crippen LogP contribution in [0.1, 0.15) is 5.69 Å². The second-order valence-electron chi connectivity index (χ2n) is 3.60. The highest BCUT2D eigenvalue weighted by atomic mass is 127. The van der Waals surface area contributed by atoms with E-state index in [4.69, 9.17) is 0 Å². The van der Waals surface area contributed by atoms with Crippen LogP contribution in [0.3, 0.4) is 0 Å². The Morgan fingerprint density at radius 3 is 2.94 bits per heavy atom. The predicted molar refractivity (Wildman–Crippen MR) is 71.5 cm³/mol. The van der Waals surface area contributed by atoms with E-state index in [1.54, 1.807) is 17.0 Å². The molecule has 84 valence electrons. The Bertz CT molecular complexity index is 691. The first kappa shape index (κ1) is 10.6. The maximum atomic E-state index is 4.40. The van der Waals surface area contributed by atoms with Gasteiger partial charge in [-0.25, -0.2) is 19.5 Å². The van der Waals surface area contributed by atoms with Crippen LogP contribution < -0.4 is 0 Å². The minimum atomic E-state index is 0.815. The summed E-state index contributed by atoms with van der Waals surface area (Å²) < 4.78 is 2.65. The van der Waals surface area contributed by atoms with Crippen molar-refractivity contribution in [3.05, 3.63) is 40.2 Å². The van der Waals surface area contributed by atoms with Crippen molar-refractivity contribution in [3.8, 4) is 11.3 Å². The average molecular weight is 337 g/mol. The van der Waals surface area contributed by atoms with E-state index in [1.807, 2.05) is 25.3 Å². The van der Waals surface area contributed by atoms with E-state index in [0.717, 1.165) is 26.3 Å². The van der Waals surface area contributed by atoms with Crippen molar-refractivity contribution in [2.45, 2.75) is 6.92 Å². The lowest BCUT2D eigenvalue weighted by Crippen LogP contribution is -1.90. The molecule has 0 N–H and O–H groups in total. The molecule has 6 heteroatoms. The van der Waals surface area contributed by atoms with Gasteiger partial charge in [-0.2, -0.15) is 5.10 Å². The van der Waals surface area contributed by atoms with Gasteiger partial charge in [0, 0.05) is 18.1 Å². The maximum absolute atomic E-state index is 4.40. The van der Waals surface area contributed by atoms with Crippen LogP contribution in [-0.4, -0.2) is 24.6 Å². The molecule has 0 radical (unpaired) electrons. The predicted octanol–water partition coefficient (Wildman–Crippen LogP) is 2.10. The van der Waals surface area contributed by atoms with Crippen LogP contribution in [0.4, 0.5) is 0 Å². The van der Waals surface area contributed by atoms with Gasteiger partial charge in [-0.1, -0.05) is 0 Å². The third-order valence-corrected chi connectivity index (χ3v) is 3.17. The fourth-order valence-electron chi connectivity index (χ4n) is 1.67. The minimum Gasteiger partial charge on any atom is -0.242 e. The quantitative estimate of drug-likeness (QED) is 0.638. The molecule has 17 heavy (non-hydrogen) atoms. The van der Waals surface area contributed by atoms with Crippen LogP contribution >= 0.6 is 22.6 Å². The van der Waals surface area contributed by atoms with Gasteiger partial charge in [0.25, 0.3) is 0 Å². The van der Waals surface area contributed by atoms with Gasteiger partial charge in [0.1, 0.15) is 10.0 Å². The van der Waals surface area contributed by atoms with E-state index < -0.39 is 0 Å². The SMILES string of the molecule is Cc1cc(-c2c(I)nn3cccnc23)ncn1. The highest BCUT2D eigenvalue weighted by Crippen LogP contribution is 2.26. The third-order valence-electron chi connectivity index (χ3n) is 2.41. The van der Waals surface area contributed by atoms with E-state index in [2.05, 4.69) is 42.6 Å². The van der Waals surface area contributed by atoms with Gasteiger partial charge in [-0.3, -0.25) is 0 Å². The highest BCUT2D eigenvalue weighted by Gasteiger charge is 2.14. The molecule has 0 spiro atoms. The number of aryl methyl sites for hydroxylation is 1. The van der Waals surface area contributed by atoms with Crippen molar-refractivity contribution in [3.63, 3.8) is 0 Å². The average Bonchev–Trinajstić information content (AvgIpc) is 2.64. The van der Waals surface area contributed by atoms with Crippen LogP contribution in [0.2, 0.25) is 0 Å². The first-order valence-electron chi connectivity index (χ1n) is 5.03. The van der Waals surface area contributed by atoms with Gasteiger partial charge < -0.3 is 0 Å². The van der Waals surface area contributed by atoms with Crippen molar-refractivity contribution in [1.82, 2.24) is 24.6 Å². The molecule has 0 bridgehead atoms. The Morgan fingerprint density at radius 2 is 2.12 bits per heavy atom. The van der Waals surface area contributed by atoms with E-state index >= 15 is 0 Å². The first-order valence-corrected chi connectivity index (χ1v) is 6.11. The van der Waals surface area contributed by atoms with Crippen molar-refractivity contribution in [1.29, 1.82) is 0 Å². The highest BCUT2D eigenvalue weighted by molar-refractivity contribution is 14.1. The number of fused-ring (bicyclic) bond motifs is 1. The van der Waals surface area contributed by atoms with Gasteiger partial charge >= 0.3 is 0 Å². The molecule has 0 aliphatic heterocycles. The summed E-state index contributed by atoms with van der Waals surface area (Å²) >= 11 is 2.20. The Hall–Kier alpha value is -1.57. The largest absolute Gasteiger partial charge is 0.242 e. The number of nitrogens with zero attached hydrogens (tertiary/aromatic N) is 5. The summed E-state index contributed by atoms with van der Waals surface area (Å²) in [7, 11) is 0. The van der Waals surface area contributed by atoms with Crippen molar-refractivity contribution >= 4 is 28.2 Å². The molecular formula is C11H8IN5. The van der Waals surface area contributed by atoms with E-state index in [9.17, 15) is 0 Å². The lowest BCUT2D eigenvalue weighted by atomic mass is 10.2. The van der Waals surface area contributed by atoms with Crippen molar-refractivity contribution < 1.29 is 0 Å². The van der Waals surface area contributed by atoms with Crippen LogP contribution in [0.15, 0.2) is 30.9 Å². The second-order valence-corrected chi connectivity index (χ2v) is 4.62. The number of halogens is 1. The number of rotatable bonds is 1. The van der Waals surface area contributed by atoms with Crippen molar-refractivity contribution in [2.75, 3.05) is 0 Å². The third kappa shape index (κ3) is 1.78. The van der Waals surface area contributed by atoms with Gasteiger partial charge in [-0.15, -0.1) is 0 Å². The minimum absolute atomic E-state index is 0.815. The molecule has 0 aliphatic carbocycles. The molecular weight excluding hydrogens is 329 g/mol. The summed E-state index contributed by atoms with van der Waals surface area (Å²) in [6, 6.07) is 3.79. The van der Waals surface area contributed by atoms with Crippen LogP contribution in [-0.2, 0) is 0 Å². The Kier molecular flexibility index (Phi) is 2.50. The molecule has 3 rings (SSSR count). The molecule has 3 aromatic rings. The van der Waals surface area contributed by atoms with E-state index in [-0.39, 0.29) is 0 Å². The fourth-order valence-corrected chi connectivity index (χ4v) is 2.42. The second kappa shape index (κ2) is 4.02. The molecule has 0 fully saturated rings. The molecule has 5 nitrogen and oxygen atoms in total. The molecule has 0 saturated heterocycles. The summed E-state index contributed by atoms with van der Waals surface area (Å²) in [6.45, 7) is 1.94. The zero-order chi connectivity index (χ0) is 11.8. The lowest BCUT2D eigenvalue weighted by Gasteiger charge is -1.99.